The molecule has 3 aliphatic carbocycles. The Balaban J connectivity index is 1.37. The summed E-state index contributed by atoms with van der Waals surface area (Å²) in [5.41, 5.74) is -7.35. The number of esters is 3. The van der Waals surface area contributed by atoms with E-state index in [2.05, 4.69) is 5.32 Å². The molecule has 0 aromatic heterocycles. The minimum atomic E-state index is -2.32. The SMILES string of the molecule is CO[C@H]1C(=O)[C@@]2(C)C([C@H](OC(=O)c3ccccc3)C3(O)C[C@H](OC(=O)[C@H](OC(=O)OC[C@@H]4COC(C)(C)O4)[C@@H](NC(=O)OC(C)(C)C)c4ccccc4)C(C)=C1C3(C)C)[C@]1(OC(C)=O)CO[C@@H]1C[C@@H]2OC. The number of hydrogen-bond donors (Lipinski definition) is 2. The van der Waals surface area contributed by atoms with Gasteiger partial charge in [-0.15, -0.1) is 0 Å². The van der Waals surface area contributed by atoms with Crippen molar-refractivity contribution in [3.63, 3.8) is 0 Å². The van der Waals surface area contributed by atoms with Crippen molar-refractivity contribution in [1.29, 1.82) is 0 Å². The molecule has 2 aromatic rings. The number of ether oxygens (including phenoxy) is 11. The smallest absolute Gasteiger partial charge is 0.455 e. The van der Waals surface area contributed by atoms with E-state index < -0.39 is 130 Å². The van der Waals surface area contributed by atoms with Crippen LogP contribution in [0.5, 0.6) is 0 Å². The molecule has 0 spiro atoms. The lowest BCUT2D eigenvalue weighted by Gasteiger charge is -2.67. The maximum Gasteiger partial charge on any atom is 0.509 e. The van der Waals surface area contributed by atoms with E-state index in [1.165, 1.54) is 33.3 Å². The van der Waals surface area contributed by atoms with Gasteiger partial charge in [0, 0.05) is 39.4 Å². The lowest BCUT2D eigenvalue weighted by Crippen LogP contribution is -2.82. The number of rotatable bonds is 13. The Hall–Kier alpha value is -5.44. The molecule has 19 nitrogen and oxygen atoms in total. The molecule has 12 atom stereocenters. The number of carbonyl (C=O) groups is 6. The second-order valence-electron chi connectivity index (χ2n) is 21.1. The zero-order valence-corrected chi connectivity index (χ0v) is 42.4. The Morgan fingerprint density at radius 1 is 0.915 bits per heavy atom. The first-order chi connectivity index (χ1) is 33.2. The summed E-state index contributed by atoms with van der Waals surface area (Å²) in [4.78, 5) is 86.0. The van der Waals surface area contributed by atoms with Crippen LogP contribution in [0.15, 0.2) is 71.8 Å². The van der Waals surface area contributed by atoms with Crippen LogP contribution in [-0.4, -0.2) is 140 Å². The predicted octanol–water partition coefficient (Wildman–Crippen LogP) is 5.88. The summed E-state index contributed by atoms with van der Waals surface area (Å²) < 4.78 is 65.8. The maximum absolute atomic E-state index is 15.8. The van der Waals surface area contributed by atoms with Crippen LogP contribution in [0.25, 0.3) is 0 Å². The standard InChI is InChI=1S/C52H67NO18/c1-28-33(66-44(57)39(67-46(59)63-25-32-26-65-49(8,9)70-32)37(30-19-15-13-16-20-30)53-45(58)71-47(3,4)5)24-52(60)42(68-43(56)31-21-17-14-18-22-31)40-50(10,41(55)38(62-12)36(28)48(52,6)7)34(61-11)23-35-51(40,27-64-35)69-29(2)54/h13-22,32-35,37-40,42,60H,23-27H2,1-12H3,(H,53,58)/t32-,33+,34+,35-,37+,38-,39-,40?,42+,50-,51+,52?/m1/s1. The van der Waals surface area contributed by atoms with Crippen molar-refractivity contribution in [3.05, 3.63) is 82.9 Å². The van der Waals surface area contributed by atoms with Gasteiger partial charge in [0.05, 0.1) is 36.2 Å². The van der Waals surface area contributed by atoms with E-state index in [-0.39, 0.29) is 43.0 Å². The van der Waals surface area contributed by atoms with Gasteiger partial charge in [-0.2, -0.15) is 0 Å². The number of Topliss-reactive ketones (excluding diaryl/α,β-unsaturated/α-hetero) is 1. The Kier molecular flexibility index (Phi) is 14.9. The molecule has 2 aromatic carbocycles. The first kappa shape index (κ1) is 53.4. The molecule has 388 valence electrons. The number of ketones is 1. The monoisotopic (exact) mass is 993 g/mol. The molecular weight excluding hydrogens is 927 g/mol. The third kappa shape index (κ3) is 10.1. The van der Waals surface area contributed by atoms with Crippen LogP contribution in [0, 0.1) is 16.7 Å². The molecule has 2 heterocycles. The lowest BCUT2D eigenvalue weighted by molar-refractivity contribution is -0.347. The topological polar surface area (TPSA) is 236 Å². The average molecular weight is 994 g/mol. The summed E-state index contributed by atoms with van der Waals surface area (Å²) in [6.07, 6.45) is -11.9. The zero-order valence-electron chi connectivity index (χ0n) is 42.4. The molecule has 1 amide bonds. The number of fused-ring (bicyclic) bond motifs is 5. The summed E-state index contributed by atoms with van der Waals surface area (Å²) in [5.74, 6) is -5.69. The fourth-order valence-electron chi connectivity index (χ4n) is 11.3. The van der Waals surface area contributed by atoms with Crippen LogP contribution < -0.4 is 5.32 Å². The summed E-state index contributed by atoms with van der Waals surface area (Å²) in [6, 6.07) is 14.7. The van der Waals surface area contributed by atoms with Crippen LogP contribution in [0.1, 0.15) is 104 Å². The van der Waals surface area contributed by atoms with Gasteiger partial charge in [0.15, 0.2) is 17.2 Å². The molecule has 4 fully saturated rings. The average Bonchev–Trinajstić information content (AvgIpc) is 3.65. The van der Waals surface area contributed by atoms with E-state index >= 15 is 9.59 Å². The van der Waals surface area contributed by atoms with Crippen molar-refractivity contribution in [2.75, 3.05) is 34.0 Å². The Morgan fingerprint density at radius 3 is 2.11 bits per heavy atom. The Morgan fingerprint density at radius 2 is 1.56 bits per heavy atom. The van der Waals surface area contributed by atoms with Crippen molar-refractivity contribution in [1.82, 2.24) is 5.32 Å². The van der Waals surface area contributed by atoms with Crippen molar-refractivity contribution < 1.29 is 86.0 Å². The van der Waals surface area contributed by atoms with Crippen LogP contribution in [0.3, 0.4) is 0 Å². The fraction of sp³-hybridized carbons (Fsp3) is 0.615. The quantitative estimate of drug-likeness (QED) is 0.135. The largest absolute Gasteiger partial charge is 0.509 e. The first-order valence-corrected chi connectivity index (χ1v) is 23.7. The van der Waals surface area contributed by atoms with E-state index in [1.54, 1.807) is 111 Å². The third-order valence-corrected chi connectivity index (χ3v) is 14.7. The number of hydrogen-bond acceptors (Lipinski definition) is 18. The summed E-state index contributed by atoms with van der Waals surface area (Å²) in [6.45, 7) is 15.7. The molecule has 2 saturated carbocycles. The molecule has 2 bridgehead atoms. The van der Waals surface area contributed by atoms with Gasteiger partial charge in [0.25, 0.3) is 0 Å². The summed E-state index contributed by atoms with van der Waals surface area (Å²) >= 11 is 0. The molecule has 2 aliphatic heterocycles. The number of amides is 1. The van der Waals surface area contributed by atoms with Crippen LogP contribution in [0.4, 0.5) is 9.59 Å². The number of nitrogens with one attached hydrogen (secondary N) is 1. The second kappa shape index (κ2) is 19.9. The number of aliphatic hydroxyl groups is 1. The van der Waals surface area contributed by atoms with E-state index in [4.69, 9.17) is 52.1 Å². The van der Waals surface area contributed by atoms with Gasteiger partial charge in [-0.25, -0.2) is 19.2 Å². The van der Waals surface area contributed by atoms with Gasteiger partial charge in [0.1, 0.15) is 54.4 Å². The molecule has 19 heteroatoms. The Labute approximate surface area is 413 Å². The minimum absolute atomic E-state index is 0.0849. The maximum atomic E-state index is 15.8. The van der Waals surface area contributed by atoms with E-state index in [0.29, 0.717) is 5.56 Å². The number of alkyl carbamates (subject to hydrolysis) is 1. The van der Waals surface area contributed by atoms with E-state index in [1.807, 2.05) is 0 Å². The summed E-state index contributed by atoms with van der Waals surface area (Å²) in [5, 5.41) is 16.7. The predicted molar refractivity (Wildman–Crippen MR) is 248 cm³/mol. The summed E-state index contributed by atoms with van der Waals surface area (Å²) in [7, 11) is 2.75. The van der Waals surface area contributed by atoms with Crippen LogP contribution >= 0.6 is 0 Å². The molecule has 2 N–H and O–H groups in total. The van der Waals surface area contributed by atoms with Gasteiger partial charge in [-0.1, -0.05) is 62.4 Å². The number of methoxy groups -OCH3 is 2. The highest BCUT2D eigenvalue weighted by atomic mass is 16.8. The highest BCUT2D eigenvalue weighted by Crippen LogP contribution is 2.65. The molecule has 5 aliphatic rings. The third-order valence-electron chi connectivity index (χ3n) is 14.7. The van der Waals surface area contributed by atoms with Crippen LogP contribution in [0.2, 0.25) is 0 Å². The van der Waals surface area contributed by atoms with Crippen molar-refractivity contribution >= 4 is 35.9 Å². The van der Waals surface area contributed by atoms with Gasteiger partial charge < -0.3 is 62.5 Å². The normalized spacial score (nSPS) is 32.5. The Bertz CT molecular complexity index is 2380. The molecule has 2 unspecified atom stereocenters. The van der Waals surface area contributed by atoms with Gasteiger partial charge in [-0.05, 0) is 77.3 Å². The highest BCUT2D eigenvalue weighted by Gasteiger charge is 2.78. The van der Waals surface area contributed by atoms with Gasteiger partial charge in [0.2, 0.25) is 6.10 Å². The molecular formula is C52H67NO18. The van der Waals surface area contributed by atoms with E-state index in [9.17, 15) is 24.3 Å². The van der Waals surface area contributed by atoms with Gasteiger partial charge in [-0.3, -0.25) is 9.59 Å². The second-order valence-corrected chi connectivity index (χ2v) is 21.1. The molecule has 7 rings (SSSR count). The zero-order chi connectivity index (χ0) is 52.1. The molecule has 71 heavy (non-hydrogen) atoms. The minimum Gasteiger partial charge on any atom is -0.455 e. The lowest BCUT2D eigenvalue weighted by atomic mass is 9.44. The van der Waals surface area contributed by atoms with Crippen LogP contribution in [-0.2, 0) is 66.5 Å². The van der Waals surface area contributed by atoms with Crippen molar-refractivity contribution in [2.45, 2.75) is 153 Å². The first-order valence-electron chi connectivity index (χ1n) is 23.7. The van der Waals surface area contributed by atoms with Gasteiger partial charge >= 0.3 is 30.2 Å². The number of carbonyl (C=O) groups excluding carboxylic acids is 6. The van der Waals surface area contributed by atoms with Crippen molar-refractivity contribution in [2.24, 2.45) is 16.7 Å². The molecule has 2 saturated heterocycles. The fourth-order valence-corrected chi connectivity index (χ4v) is 11.3. The molecule has 0 radical (unpaired) electrons. The van der Waals surface area contributed by atoms with Crippen molar-refractivity contribution in [3.8, 4) is 0 Å². The van der Waals surface area contributed by atoms with E-state index in [0.717, 1.165) is 0 Å². The number of benzene rings is 2. The highest BCUT2D eigenvalue weighted by molar-refractivity contribution is 5.94.